The molecule has 0 bridgehead atoms. The molecule has 1 aromatic heterocycles. The number of aromatic nitrogens is 1. The number of hydrogen-bond acceptors (Lipinski definition) is 4. The third kappa shape index (κ3) is 6.29. The summed E-state index contributed by atoms with van der Waals surface area (Å²) in [5, 5.41) is 5.69. The first-order valence-electron chi connectivity index (χ1n) is 8.68. The second-order valence-corrected chi connectivity index (χ2v) is 6.51. The van der Waals surface area contributed by atoms with Gasteiger partial charge in [0.2, 0.25) is 0 Å². The molecule has 138 valence electrons. The number of amides is 2. The summed E-state index contributed by atoms with van der Waals surface area (Å²) in [7, 11) is 3.98. The molecule has 2 aromatic rings. The number of carbonyl (C=O) groups excluding carboxylic acids is 2. The third-order valence-electron chi connectivity index (χ3n) is 3.86. The fraction of sp³-hybridized carbons (Fsp3) is 0.350. The van der Waals surface area contributed by atoms with Crippen LogP contribution in [0.15, 0.2) is 42.6 Å². The van der Waals surface area contributed by atoms with E-state index >= 15 is 0 Å². The van der Waals surface area contributed by atoms with Gasteiger partial charge in [-0.25, -0.2) is 0 Å². The highest BCUT2D eigenvalue weighted by Gasteiger charge is 2.11. The van der Waals surface area contributed by atoms with Crippen molar-refractivity contribution in [3.8, 4) is 0 Å². The molecule has 0 spiro atoms. The molecular weight excluding hydrogens is 328 g/mol. The van der Waals surface area contributed by atoms with Gasteiger partial charge < -0.3 is 15.5 Å². The molecule has 0 aliphatic rings. The van der Waals surface area contributed by atoms with E-state index in [1.807, 2.05) is 45.3 Å². The van der Waals surface area contributed by atoms with Gasteiger partial charge in [-0.05, 0) is 51.7 Å². The normalized spacial score (nSPS) is 10.6. The lowest BCUT2D eigenvalue weighted by Gasteiger charge is -2.10. The molecule has 0 saturated heterocycles. The van der Waals surface area contributed by atoms with Crippen molar-refractivity contribution in [1.29, 1.82) is 0 Å². The van der Waals surface area contributed by atoms with Crippen LogP contribution in [0, 0.1) is 6.92 Å². The molecule has 0 aliphatic carbocycles. The topological polar surface area (TPSA) is 74.3 Å². The predicted molar refractivity (Wildman–Crippen MR) is 102 cm³/mol. The van der Waals surface area contributed by atoms with Crippen LogP contribution >= 0.6 is 0 Å². The average Bonchev–Trinajstić information content (AvgIpc) is 2.63. The van der Waals surface area contributed by atoms with E-state index in [-0.39, 0.29) is 17.5 Å². The van der Waals surface area contributed by atoms with E-state index in [2.05, 4.69) is 20.5 Å². The Morgan fingerprint density at radius 3 is 2.62 bits per heavy atom. The summed E-state index contributed by atoms with van der Waals surface area (Å²) in [5.74, 6) is -0.493. The maximum atomic E-state index is 12.3. The molecule has 26 heavy (non-hydrogen) atoms. The highest BCUT2D eigenvalue weighted by Crippen LogP contribution is 2.06. The summed E-state index contributed by atoms with van der Waals surface area (Å²) >= 11 is 0. The Hall–Kier alpha value is -2.73. The molecule has 0 saturated carbocycles. The Balaban J connectivity index is 1.90. The van der Waals surface area contributed by atoms with Crippen molar-refractivity contribution in [3.63, 3.8) is 0 Å². The van der Waals surface area contributed by atoms with Crippen molar-refractivity contribution in [1.82, 2.24) is 20.5 Å². The summed E-state index contributed by atoms with van der Waals surface area (Å²) in [5.41, 5.74) is 2.85. The van der Waals surface area contributed by atoms with Gasteiger partial charge in [-0.1, -0.05) is 29.8 Å². The molecule has 0 fully saturated rings. The second-order valence-electron chi connectivity index (χ2n) is 6.51. The molecule has 0 aliphatic heterocycles. The standard InChI is InChI=1S/C20H26N4O2/c1-15-6-4-7-16(12-15)14-23-19(25)17-8-10-21-18(13-17)20(26)22-9-5-11-24(2)3/h4,6-8,10,12-13H,5,9,11,14H2,1-3H3,(H,22,26)(H,23,25). The third-order valence-corrected chi connectivity index (χ3v) is 3.86. The van der Waals surface area contributed by atoms with Crippen LogP contribution in [0.3, 0.4) is 0 Å². The zero-order valence-corrected chi connectivity index (χ0v) is 15.6. The monoisotopic (exact) mass is 354 g/mol. The zero-order valence-electron chi connectivity index (χ0n) is 15.6. The van der Waals surface area contributed by atoms with Crippen LogP contribution < -0.4 is 10.6 Å². The fourth-order valence-corrected chi connectivity index (χ4v) is 2.49. The van der Waals surface area contributed by atoms with Gasteiger partial charge in [0.1, 0.15) is 5.69 Å². The molecule has 2 amide bonds. The van der Waals surface area contributed by atoms with E-state index in [0.717, 1.165) is 24.1 Å². The quantitative estimate of drug-likeness (QED) is 0.711. The number of aryl methyl sites for hydroxylation is 1. The number of hydrogen-bond donors (Lipinski definition) is 2. The molecule has 1 aromatic carbocycles. The minimum atomic E-state index is -0.267. The molecule has 2 rings (SSSR count). The Labute approximate surface area is 154 Å². The van der Waals surface area contributed by atoms with Crippen LogP contribution in [0.4, 0.5) is 0 Å². The van der Waals surface area contributed by atoms with Crippen molar-refractivity contribution >= 4 is 11.8 Å². The van der Waals surface area contributed by atoms with E-state index in [0.29, 0.717) is 18.7 Å². The summed E-state index contributed by atoms with van der Waals surface area (Å²) in [6.07, 6.45) is 2.34. The number of rotatable bonds is 8. The van der Waals surface area contributed by atoms with E-state index in [1.54, 1.807) is 6.07 Å². The summed E-state index contributed by atoms with van der Waals surface area (Å²) in [4.78, 5) is 30.6. The molecule has 2 N–H and O–H groups in total. The predicted octanol–water partition coefficient (Wildman–Crippen LogP) is 2.00. The van der Waals surface area contributed by atoms with Gasteiger partial charge in [0.15, 0.2) is 0 Å². The van der Waals surface area contributed by atoms with Gasteiger partial charge in [-0.3, -0.25) is 14.6 Å². The average molecular weight is 354 g/mol. The second kappa shape index (κ2) is 9.68. The highest BCUT2D eigenvalue weighted by atomic mass is 16.2. The molecule has 6 nitrogen and oxygen atoms in total. The van der Waals surface area contributed by atoms with Crippen LogP contribution in [-0.4, -0.2) is 48.9 Å². The minimum Gasteiger partial charge on any atom is -0.351 e. The van der Waals surface area contributed by atoms with Gasteiger partial charge in [0.25, 0.3) is 11.8 Å². The number of nitrogens with zero attached hydrogens (tertiary/aromatic N) is 2. The molecule has 0 unspecified atom stereocenters. The number of nitrogens with one attached hydrogen (secondary N) is 2. The van der Waals surface area contributed by atoms with Crippen LogP contribution in [0.25, 0.3) is 0 Å². The Kier molecular flexibility index (Phi) is 7.29. The summed E-state index contributed by atoms with van der Waals surface area (Å²) in [6, 6.07) is 11.1. The lowest BCUT2D eigenvalue weighted by atomic mass is 10.1. The zero-order chi connectivity index (χ0) is 18.9. The lowest BCUT2D eigenvalue weighted by Crippen LogP contribution is -2.28. The maximum Gasteiger partial charge on any atom is 0.269 e. The van der Waals surface area contributed by atoms with Crippen molar-refractivity contribution in [2.24, 2.45) is 0 Å². The molecule has 0 radical (unpaired) electrons. The molecule has 0 atom stereocenters. The maximum absolute atomic E-state index is 12.3. The van der Waals surface area contributed by atoms with Gasteiger partial charge in [-0.2, -0.15) is 0 Å². The fourth-order valence-electron chi connectivity index (χ4n) is 2.49. The van der Waals surface area contributed by atoms with Gasteiger partial charge in [0, 0.05) is 24.8 Å². The molecule has 6 heteroatoms. The Morgan fingerprint density at radius 2 is 1.88 bits per heavy atom. The summed E-state index contributed by atoms with van der Waals surface area (Å²) < 4.78 is 0. The number of pyridine rings is 1. The van der Waals surface area contributed by atoms with Gasteiger partial charge in [0.05, 0.1) is 0 Å². The molecule has 1 heterocycles. The first-order valence-corrected chi connectivity index (χ1v) is 8.68. The van der Waals surface area contributed by atoms with Crippen LogP contribution in [0.2, 0.25) is 0 Å². The smallest absolute Gasteiger partial charge is 0.269 e. The number of carbonyl (C=O) groups is 2. The van der Waals surface area contributed by atoms with Gasteiger partial charge in [-0.15, -0.1) is 0 Å². The molecular formula is C20H26N4O2. The minimum absolute atomic E-state index is 0.226. The van der Waals surface area contributed by atoms with Crippen molar-refractivity contribution in [3.05, 3.63) is 65.0 Å². The Morgan fingerprint density at radius 1 is 1.08 bits per heavy atom. The van der Waals surface area contributed by atoms with E-state index in [1.165, 1.54) is 12.3 Å². The number of benzene rings is 1. The summed E-state index contributed by atoms with van der Waals surface area (Å²) in [6.45, 7) is 3.92. The SMILES string of the molecule is Cc1cccc(CNC(=O)c2ccnc(C(=O)NCCCN(C)C)c2)c1. The first-order chi connectivity index (χ1) is 12.5. The van der Waals surface area contributed by atoms with Crippen molar-refractivity contribution < 1.29 is 9.59 Å². The van der Waals surface area contributed by atoms with E-state index in [9.17, 15) is 9.59 Å². The van der Waals surface area contributed by atoms with Gasteiger partial charge >= 0.3 is 0 Å². The highest BCUT2D eigenvalue weighted by molar-refractivity contribution is 5.98. The van der Waals surface area contributed by atoms with E-state index in [4.69, 9.17) is 0 Å². The largest absolute Gasteiger partial charge is 0.351 e. The van der Waals surface area contributed by atoms with Crippen molar-refractivity contribution in [2.75, 3.05) is 27.2 Å². The lowest BCUT2D eigenvalue weighted by molar-refractivity contribution is 0.0947. The van der Waals surface area contributed by atoms with Crippen LogP contribution in [0.1, 0.15) is 38.4 Å². The first kappa shape index (κ1) is 19.6. The van der Waals surface area contributed by atoms with Crippen molar-refractivity contribution in [2.45, 2.75) is 19.9 Å². The van der Waals surface area contributed by atoms with E-state index < -0.39 is 0 Å². The Bertz CT molecular complexity index is 759. The van der Waals surface area contributed by atoms with Crippen LogP contribution in [0.5, 0.6) is 0 Å². The van der Waals surface area contributed by atoms with Crippen LogP contribution in [-0.2, 0) is 6.54 Å².